The maximum absolute atomic E-state index is 13.5. The number of hydrogen-bond donors (Lipinski definition) is 1. The predicted molar refractivity (Wildman–Crippen MR) is 76.2 cm³/mol. The van der Waals surface area contributed by atoms with E-state index in [1.54, 1.807) is 12.1 Å². The highest BCUT2D eigenvalue weighted by molar-refractivity contribution is 5.87. The number of carbonyl (C=O) groups excluding carboxylic acids is 1. The molecule has 1 fully saturated rings. The molecule has 6 nitrogen and oxygen atoms in total. The number of amides is 1. The Labute approximate surface area is 127 Å². The van der Waals surface area contributed by atoms with Gasteiger partial charge in [0.15, 0.2) is 5.82 Å². The number of carbonyl (C=O) groups is 1. The molecule has 116 valence electrons. The molecule has 1 atom stereocenters. The molecule has 2 aromatic rings. The van der Waals surface area contributed by atoms with Crippen molar-refractivity contribution < 1.29 is 13.7 Å². The van der Waals surface area contributed by atoms with Crippen molar-refractivity contribution in [3.05, 3.63) is 47.4 Å². The minimum atomic E-state index is -0.737. The standard InChI is InChI=1S/C15H17FN4O2/c16-11-5-3-4-10(8-11)12-6-1-2-7-20(12)9-13-18-15(14(17)21)22-19-13/h3-5,8,12H,1-2,6-7,9H2,(H2,17,21)/t12-/m1/s1. The first-order chi connectivity index (χ1) is 10.6. The van der Waals surface area contributed by atoms with Crippen LogP contribution in [-0.4, -0.2) is 27.5 Å². The monoisotopic (exact) mass is 304 g/mol. The van der Waals surface area contributed by atoms with E-state index in [-0.39, 0.29) is 17.7 Å². The first-order valence-electron chi connectivity index (χ1n) is 7.25. The molecule has 0 bridgehead atoms. The van der Waals surface area contributed by atoms with E-state index < -0.39 is 5.91 Å². The van der Waals surface area contributed by atoms with Crippen molar-refractivity contribution in [2.75, 3.05) is 6.54 Å². The Hall–Kier alpha value is -2.28. The molecule has 0 saturated carbocycles. The SMILES string of the molecule is NC(=O)c1nc(CN2CCCC[C@@H]2c2cccc(F)c2)no1. The van der Waals surface area contributed by atoms with Crippen LogP contribution in [0.15, 0.2) is 28.8 Å². The van der Waals surface area contributed by atoms with Crippen molar-refractivity contribution in [3.63, 3.8) is 0 Å². The zero-order valence-electron chi connectivity index (χ0n) is 12.0. The van der Waals surface area contributed by atoms with Gasteiger partial charge in [0.1, 0.15) is 5.82 Å². The molecule has 1 saturated heterocycles. The number of piperidine rings is 1. The number of likely N-dealkylation sites (tertiary alicyclic amines) is 1. The summed E-state index contributed by atoms with van der Waals surface area (Å²) in [6, 6.07) is 6.76. The molecule has 3 rings (SSSR count). The van der Waals surface area contributed by atoms with Gasteiger partial charge in [0.05, 0.1) is 6.54 Å². The summed E-state index contributed by atoms with van der Waals surface area (Å²) in [5, 5.41) is 3.77. The number of aromatic nitrogens is 2. The molecule has 7 heteroatoms. The van der Waals surface area contributed by atoms with Gasteiger partial charge in [-0.3, -0.25) is 9.69 Å². The molecule has 1 aliphatic rings. The lowest BCUT2D eigenvalue weighted by molar-refractivity contribution is 0.0958. The quantitative estimate of drug-likeness (QED) is 0.934. The van der Waals surface area contributed by atoms with E-state index in [0.717, 1.165) is 31.4 Å². The molecular formula is C15H17FN4O2. The molecule has 0 spiro atoms. The third-order valence-corrected chi connectivity index (χ3v) is 3.87. The van der Waals surface area contributed by atoms with E-state index in [9.17, 15) is 9.18 Å². The largest absolute Gasteiger partial charge is 0.361 e. The highest BCUT2D eigenvalue weighted by Crippen LogP contribution is 2.32. The van der Waals surface area contributed by atoms with Crippen LogP contribution in [0, 0.1) is 5.82 Å². The minimum Gasteiger partial charge on any atom is -0.361 e. The average Bonchev–Trinajstić information content (AvgIpc) is 2.97. The van der Waals surface area contributed by atoms with Gasteiger partial charge < -0.3 is 10.3 Å². The first-order valence-corrected chi connectivity index (χ1v) is 7.25. The van der Waals surface area contributed by atoms with Crippen LogP contribution in [-0.2, 0) is 6.54 Å². The molecule has 0 unspecified atom stereocenters. The molecule has 2 N–H and O–H groups in total. The fraction of sp³-hybridized carbons (Fsp3) is 0.400. The van der Waals surface area contributed by atoms with Crippen LogP contribution in [0.2, 0.25) is 0 Å². The summed E-state index contributed by atoms with van der Waals surface area (Å²) in [4.78, 5) is 17.2. The number of nitrogens with zero attached hydrogens (tertiary/aromatic N) is 3. The number of hydrogen-bond acceptors (Lipinski definition) is 5. The molecule has 1 aromatic heterocycles. The number of benzene rings is 1. The van der Waals surface area contributed by atoms with Gasteiger partial charge in [0, 0.05) is 6.04 Å². The normalized spacial score (nSPS) is 19.2. The van der Waals surface area contributed by atoms with E-state index >= 15 is 0 Å². The van der Waals surface area contributed by atoms with Gasteiger partial charge >= 0.3 is 11.8 Å². The maximum atomic E-state index is 13.5. The summed E-state index contributed by atoms with van der Waals surface area (Å²) in [5.74, 6) is -0.746. The van der Waals surface area contributed by atoms with Gasteiger partial charge in [-0.15, -0.1) is 0 Å². The fourth-order valence-corrected chi connectivity index (χ4v) is 2.87. The van der Waals surface area contributed by atoms with E-state index in [4.69, 9.17) is 10.3 Å². The van der Waals surface area contributed by atoms with Crippen molar-refractivity contribution in [1.82, 2.24) is 15.0 Å². The van der Waals surface area contributed by atoms with Crippen LogP contribution in [0.5, 0.6) is 0 Å². The molecule has 1 aromatic carbocycles. The van der Waals surface area contributed by atoms with Crippen LogP contribution in [0.3, 0.4) is 0 Å². The maximum Gasteiger partial charge on any atom is 0.315 e. The number of rotatable bonds is 4. The Morgan fingerprint density at radius 1 is 1.45 bits per heavy atom. The summed E-state index contributed by atoms with van der Waals surface area (Å²) in [7, 11) is 0. The zero-order valence-corrected chi connectivity index (χ0v) is 12.0. The van der Waals surface area contributed by atoms with Crippen LogP contribution in [0.1, 0.15) is 47.4 Å². The van der Waals surface area contributed by atoms with Crippen LogP contribution in [0.4, 0.5) is 4.39 Å². The minimum absolute atomic E-state index is 0.111. The third kappa shape index (κ3) is 3.14. The molecule has 0 radical (unpaired) electrons. The summed E-state index contributed by atoms with van der Waals surface area (Å²) >= 11 is 0. The van der Waals surface area contributed by atoms with E-state index in [0.29, 0.717) is 12.4 Å². The van der Waals surface area contributed by atoms with Gasteiger partial charge in [-0.05, 0) is 37.1 Å². The van der Waals surface area contributed by atoms with Gasteiger partial charge in [-0.1, -0.05) is 23.7 Å². The van der Waals surface area contributed by atoms with Gasteiger partial charge in [0.25, 0.3) is 0 Å². The van der Waals surface area contributed by atoms with Crippen LogP contribution < -0.4 is 5.73 Å². The molecule has 0 aliphatic carbocycles. The van der Waals surface area contributed by atoms with Crippen molar-refractivity contribution in [2.24, 2.45) is 5.73 Å². The number of halogens is 1. The summed E-state index contributed by atoms with van der Waals surface area (Å²) in [5.41, 5.74) is 6.05. The average molecular weight is 304 g/mol. The molecule has 22 heavy (non-hydrogen) atoms. The van der Waals surface area contributed by atoms with Gasteiger partial charge in [0.2, 0.25) is 0 Å². The third-order valence-electron chi connectivity index (χ3n) is 3.87. The summed E-state index contributed by atoms with van der Waals surface area (Å²) in [6.45, 7) is 1.31. The van der Waals surface area contributed by atoms with Crippen molar-refractivity contribution in [3.8, 4) is 0 Å². The molecule has 2 heterocycles. The fourth-order valence-electron chi connectivity index (χ4n) is 2.87. The Morgan fingerprint density at radius 3 is 3.05 bits per heavy atom. The zero-order chi connectivity index (χ0) is 15.5. The summed E-state index contributed by atoms with van der Waals surface area (Å²) < 4.78 is 18.3. The second-order valence-electron chi connectivity index (χ2n) is 5.42. The van der Waals surface area contributed by atoms with Crippen LogP contribution >= 0.6 is 0 Å². The van der Waals surface area contributed by atoms with Gasteiger partial charge in [-0.2, -0.15) is 4.98 Å². The molecular weight excluding hydrogens is 287 g/mol. The topological polar surface area (TPSA) is 85.3 Å². The lowest BCUT2D eigenvalue weighted by Gasteiger charge is -2.35. The van der Waals surface area contributed by atoms with Crippen molar-refractivity contribution in [2.45, 2.75) is 31.8 Å². The van der Waals surface area contributed by atoms with E-state index in [2.05, 4.69) is 15.0 Å². The Morgan fingerprint density at radius 2 is 2.32 bits per heavy atom. The second-order valence-corrected chi connectivity index (χ2v) is 5.42. The van der Waals surface area contributed by atoms with E-state index in [1.807, 2.05) is 6.07 Å². The lowest BCUT2D eigenvalue weighted by Crippen LogP contribution is -2.33. The van der Waals surface area contributed by atoms with Crippen molar-refractivity contribution >= 4 is 5.91 Å². The Bertz CT molecular complexity index is 673. The first kappa shape index (κ1) is 14.6. The highest BCUT2D eigenvalue weighted by atomic mass is 19.1. The molecule has 1 aliphatic heterocycles. The van der Waals surface area contributed by atoms with Crippen LogP contribution in [0.25, 0.3) is 0 Å². The predicted octanol–water partition coefficient (Wildman–Crippen LogP) is 2.03. The van der Waals surface area contributed by atoms with E-state index in [1.165, 1.54) is 6.07 Å². The number of nitrogens with two attached hydrogens (primary N) is 1. The summed E-state index contributed by atoms with van der Waals surface area (Å²) in [6.07, 6.45) is 3.10. The second kappa shape index (κ2) is 6.23. The Kier molecular flexibility index (Phi) is 4.15. The van der Waals surface area contributed by atoms with Crippen molar-refractivity contribution in [1.29, 1.82) is 0 Å². The number of primary amides is 1. The highest BCUT2D eigenvalue weighted by Gasteiger charge is 2.26. The Balaban J connectivity index is 1.78. The lowest BCUT2D eigenvalue weighted by atomic mass is 9.95. The van der Waals surface area contributed by atoms with Gasteiger partial charge in [-0.25, -0.2) is 4.39 Å². The smallest absolute Gasteiger partial charge is 0.315 e. The molecule has 1 amide bonds.